The number of aryl methyl sites for hydroxylation is 1. The number of Topliss-reactive ketones (excluding diaryl/α,β-unsaturated/α-hetero) is 1. The maximum atomic E-state index is 13.3. The standard InChI is InChI=1S/C23H21Cl2NO/c24-20-13-11-17(14-21(20)25)26-22(16-7-2-1-3-8-16)19-12-10-15-6-4-5-9-18(15)23(19)27/h1-9,11,14,19-20,22,26H,10,12-13H2. The van der Waals surface area contributed by atoms with E-state index in [0.717, 1.165) is 35.2 Å². The van der Waals surface area contributed by atoms with Crippen molar-refractivity contribution in [1.82, 2.24) is 5.32 Å². The molecule has 0 fully saturated rings. The molecule has 0 spiro atoms. The summed E-state index contributed by atoms with van der Waals surface area (Å²) in [5, 5.41) is 4.04. The zero-order valence-corrected chi connectivity index (χ0v) is 16.4. The summed E-state index contributed by atoms with van der Waals surface area (Å²) in [6.45, 7) is 0. The number of rotatable bonds is 4. The van der Waals surface area contributed by atoms with E-state index < -0.39 is 0 Å². The molecule has 1 N–H and O–H groups in total. The summed E-state index contributed by atoms with van der Waals surface area (Å²) in [5.74, 6) is 0.0870. The second kappa shape index (κ2) is 7.92. The predicted molar refractivity (Wildman–Crippen MR) is 111 cm³/mol. The zero-order chi connectivity index (χ0) is 18.8. The van der Waals surface area contributed by atoms with Crippen molar-refractivity contribution in [3.63, 3.8) is 0 Å². The topological polar surface area (TPSA) is 29.1 Å². The van der Waals surface area contributed by atoms with Gasteiger partial charge in [0, 0.05) is 22.2 Å². The Kier molecular flexibility index (Phi) is 5.38. The van der Waals surface area contributed by atoms with Crippen LogP contribution >= 0.6 is 23.2 Å². The number of alkyl halides is 1. The minimum absolute atomic E-state index is 0.106. The first-order chi connectivity index (χ1) is 13.1. The SMILES string of the molecule is O=C1c2ccccc2CCC1C(NC1=CCC(Cl)C(Cl)=C1)c1ccccc1. The highest BCUT2D eigenvalue weighted by atomic mass is 35.5. The highest BCUT2D eigenvalue weighted by molar-refractivity contribution is 6.37. The summed E-state index contributed by atoms with van der Waals surface area (Å²) in [6.07, 6.45) is 6.35. The third kappa shape index (κ3) is 3.83. The predicted octanol–water partition coefficient (Wildman–Crippen LogP) is 5.78. The van der Waals surface area contributed by atoms with Gasteiger partial charge < -0.3 is 5.32 Å². The number of carbonyl (C=O) groups is 1. The molecular weight excluding hydrogens is 377 g/mol. The molecule has 2 aliphatic carbocycles. The van der Waals surface area contributed by atoms with Crippen LogP contribution in [0, 0.1) is 5.92 Å². The zero-order valence-electron chi connectivity index (χ0n) is 14.9. The van der Waals surface area contributed by atoms with Gasteiger partial charge in [0.15, 0.2) is 5.78 Å². The van der Waals surface area contributed by atoms with Crippen LogP contribution < -0.4 is 5.32 Å². The molecule has 0 bridgehead atoms. The lowest BCUT2D eigenvalue weighted by atomic mass is 9.77. The lowest BCUT2D eigenvalue weighted by Crippen LogP contribution is -2.36. The molecule has 0 saturated heterocycles. The normalized spacial score (nSPS) is 23.1. The molecule has 4 heteroatoms. The molecule has 0 aromatic heterocycles. The van der Waals surface area contributed by atoms with E-state index in [1.54, 1.807) is 0 Å². The first-order valence-electron chi connectivity index (χ1n) is 9.28. The molecule has 0 amide bonds. The maximum absolute atomic E-state index is 13.3. The molecule has 27 heavy (non-hydrogen) atoms. The van der Waals surface area contributed by atoms with Gasteiger partial charge in [0.05, 0.1) is 11.4 Å². The molecule has 0 saturated carbocycles. The largest absolute Gasteiger partial charge is 0.378 e. The first kappa shape index (κ1) is 18.3. The fourth-order valence-corrected chi connectivity index (χ4v) is 4.29. The van der Waals surface area contributed by atoms with Gasteiger partial charge in [0.25, 0.3) is 0 Å². The number of carbonyl (C=O) groups excluding carboxylic acids is 1. The Labute approximate surface area is 169 Å². The van der Waals surface area contributed by atoms with Crippen LogP contribution in [0.3, 0.4) is 0 Å². The molecule has 2 aliphatic rings. The monoisotopic (exact) mass is 397 g/mol. The van der Waals surface area contributed by atoms with Crippen LogP contribution in [0.15, 0.2) is 77.5 Å². The molecule has 0 heterocycles. The van der Waals surface area contributed by atoms with Gasteiger partial charge in [0.2, 0.25) is 0 Å². The van der Waals surface area contributed by atoms with Gasteiger partial charge in [-0.3, -0.25) is 4.79 Å². The second-order valence-corrected chi connectivity index (χ2v) is 8.05. The Bertz CT molecular complexity index is 904. The van der Waals surface area contributed by atoms with Crippen LogP contribution in [0.4, 0.5) is 0 Å². The van der Waals surface area contributed by atoms with E-state index in [4.69, 9.17) is 23.2 Å². The van der Waals surface area contributed by atoms with Crippen molar-refractivity contribution < 1.29 is 4.79 Å². The average molecular weight is 398 g/mol. The van der Waals surface area contributed by atoms with E-state index >= 15 is 0 Å². The van der Waals surface area contributed by atoms with Crippen LogP contribution in [0.25, 0.3) is 0 Å². The van der Waals surface area contributed by atoms with Crippen molar-refractivity contribution in [3.8, 4) is 0 Å². The third-order valence-corrected chi connectivity index (χ3v) is 6.26. The van der Waals surface area contributed by atoms with E-state index in [1.807, 2.05) is 42.5 Å². The third-order valence-electron chi connectivity index (χ3n) is 5.36. The van der Waals surface area contributed by atoms with Gasteiger partial charge in [-0.15, -0.1) is 11.6 Å². The highest BCUT2D eigenvalue weighted by Gasteiger charge is 2.34. The number of hydrogen-bond donors (Lipinski definition) is 1. The molecule has 4 rings (SSSR count). The Balaban J connectivity index is 1.67. The van der Waals surface area contributed by atoms with E-state index in [-0.39, 0.29) is 23.1 Å². The smallest absolute Gasteiger partial charge is 0.168 e. The quantitative estimate of drug-likeness (QED) is 0.662. The van der Waals surface area contributed by atoms with Crippen molar-refractivity contribution in [2.45, 2.75) is 30.7 Å². The minimum Gasteiger partial charge on any atom is -0.378 e. The van der Waals surface area contributed by atoms with E-state index in [1.165, 1.54) is 0 Å². The summed E-state index contributed by atoms with van der Waals surface area (Å²) in [7, 11) is 0. The van der Waals surface area contributed by atoms with E-state index in [2.05, 4.69) is 29.6 Å². The summed E-state index contributed by atoms with van der Waals surface area (Å²) < 4.78 is 0. The number of hydrogen-bond acceptors (Lipinski definition) is 2. The van der Waals surface area contributed by atoms with Crippen LogP contribution in [-0.4, -0.2) is 11.2 Å². The Hall–Kier alpha value is -2.03. The van der Waals surface area contributed by atoms with Crippen molar-refractivity contribution in [1.29, 1.82) is 0 Å². The molecule has 3 unspecified atom stereocenters. The molecular formula is C23H21Cl2NO. The Morgan fingerprint density at radius 3 is 2.56 bits per heavy atom. The van der Waals surface area contributed by atoms with Gasteiger partial charge in [-0.05, 0) is 36.5 Å². The molecule has 138 valence electrons. The highest BCUT2D eigenvalue weighted by Crippen LogP contribution is 2.36. The average Bonchev–Trinajstić information content (AvgIpc) is 2.70. The lowest BCUT2D eigenvalue weighted by Gasteiger charge is -2.33. The van der Waals surface area contributed by atoms with E-state index in [9.17, 15) is 4.79 Å². The van der Waals surface area contributed by atoms with Gasteiger partial charge in [-0.1, -0.05) is 72.3 Å². The van der Waals surface area contributed by atoms with Crippen molar-refractivity contribution in [2.24, 2.45) is 5.92 Å². The lowest BCUT2D eigenvalue weighted by molar-refractivity contribution is 0.0871. The van der Waals surface area contributed by atoms with Crippen LogP contribution in [0.1, 0.15) is 40.4 Å². The number of nitrogens with one attached hydrogen (secondary N) is 1. The fraction of sp³-hybridized carbons (Fsp3) is 0.261. The number of fused-ring (bicyclic) bond motifs is 1. The van der Waals surface area contributed by atoms with Crippen LogP contribution in [0.2, 0.25) is 0 Å². The van der Waals surface area contributed by atoms with Crippen molar-refractivity contribution in [2.75, 3.05) is 0 Å². The van der Waals surface area contributed by atoms with Gasteiger partial charge >= 0.3 is 0 Å². The molecule has 3 atom stereocenters. The van der Waals surface area contributed by atoms with Crippen molar-refractivity contribution >= 4 is 29.0 Å². The molecule has 0 aliphatic heterocycles. The number of allylic oxidation sites excluding steroid dienone is 3. The Morgan fingerprint density at radius 2 is 1.78 bits per heavy atom. The maximum Gasteiger partial charge on any atom is 0.168 e. The molecule has 2 nitrogen and oxygen atoms in total. The molecule has 2 aromatic rings. The van der Waals surface area contributed by atoms with E-state index in [0.29, 0.717) is 11.5 Å². The molecule has 0 radical (unpaired) electrons. The molecule has 2 aromatic carbocycles. The van der Waals surface area contributed by atoms with Crippen LogP contribution in [0.5, 0.6) is 0 Å². The number of ketones is 1. The summed E-state index contributed by atoms with van der Waals surface area (Å²) in [6, 6.07) is 18.0. The second-order valence-electron chi connectivity index (χ2n) is 7.09. The van der Waals surface area contributed by atoms with Crippen LogP contribution in [-0.2, 0) is 6.42 Å². The summed E-state index contributed by atoms with van der Waals surface area (Å²) in [4.78, 5) is 13.3. The summed E-state index contributed by atoms with van der Waals surface area (Å²) >= 11 is 12.4. The number of benzene rings is 2. The van der Waals surface area contributed by atoms with Gasteiger partial charge in [0.1, 0.15) is 0 Å². The van der Waals surface area contributed by atoms with Gasteiger partial charge in [-0.2, -0.15) is 0 Å². The first-order valence-corrected chi connectivity index (χ1v) is 10.1. The fourth-order valence-electron chi connectivity index (χ4n) is 3.94. The van der Waals surface area contributed by atoms with Gasteiger partial charge in [-0.25, -0.2) is 0 Å². The number of halogens is 2. The van der Waals surface area contributed by atoms with Crippen molar-refractivity contribution in [3.05, 3.63) is 94.2 Å². The minimum atomic E-state index is -0.171. The summed E-state index contributed by atoms with van der Waals surface area (Å²) in [5.41, 5.74) is 4.03. The Morgan fingerprint density at radius 1 is 1.04 bits per heavy atom.